The lowest BCUT2D eigenvalue weighted by Gasteiger charge is -2.23. The molecule has 1 spiro atoms. The SMILES string of the molecule is COC1=CC(=O)c2c(O)c3c(c(O)c2C1=O)C(=O)[C@]1(CCc2c1c(O)c1c(=O)[nH]c(C=NNC(=O)CNC(C)=O)cc1c2Br)C3=O. The number of allylic oxidation sites excluding steroid dienone is 2. The van der Waals surface area contributed by atoms with Crippen LogP contribution in [0, 0.1) is 0 Å². The number of halogens is 1. The zero-order valence-corrected chi connectivity index (χ0v) is 25.4. The second kappa shape index (κ2) is 10.5. The Balaban J connectivity index is 1.48. The average molecular weight is 693 g/mol. The molecule has 1 aromatic heterocycles. The lowest BCUT2D eigenvalue weighted by molar-refractivity contribution is -0.125. The largest absolute Gasteiger partial charge is 0.507 e. The number of pyridine rings is 1. The number of nitrogens with zero attached hydrogens (tertiary/aromatic N) is 1. The number of aromatic nitrogens is 1. The molecule has 3 aromatic rings. The lowest BCUT2D eigenvalue weighted by Crippen LogP contribution is -2.36. The van der Waals surface area contributed by atoms with E-state index >= 15 is 0 Å². The second-order valence-corrected chi connectivity index (χ2v) is 11.5. The summed E-state index contributed by atoms with van der Waals surface area (Å²) in [5.41, 5.74) is -3.44. The summed E-state index contributed by atoms with van der Waals surface area (Å²) in [7, 11) is 1.11. The number of hydrazone groups is 1. The zero-order chi connectivity index (χ0) is 33.4. The van der Waals surface area contributed by atoms with Crippen molar-refractivity contribution in [1.82, 2.24) is 15.7 Å². The van der Waals surface area contributed by atoms with Crippen LogP contribution in [-0.4, -0.2) is 75.1 Å². The number of amides is 2. The Morgan fingerprint density at radius 2 is 1.70 bits per heavy atom. The van der Waals surface area contributed by atoms with Crippen molar-refractivity contribution in [3.8, 4) is 17.2 Å². The number of hydrogen-bond acceptors (Lipinski definition) is 12. The zero-order valence-electron chi connectivity index (χ0n) is 23.8. The van der Waals surface area contributed by atoms with Gasteiger partial charge in [-0.25, -0.2) is 5.43 Å². The maximum absolute atomic E-state index is 14.2. The molecule has 2 amide bonds. The number of ketones is 4. The molecule has 0 bridgehead atoms. The number of hydrogen-bond donors (Lipinski definition) is 6. The van der Waals surface area contributed by atoms with Crippen molar-refractivity contribution in [2.75, 3.05) is 13.7 Å². The number of nitrogens with one attached hydrogen (secondary N) is 3. The Morgan fingerprint density at radius 3 is 2.33 bits per heavy atom. The summed E-state index contributed by atoms with van der Waals surface area (Å²) in [5, 5.41) is 39.7. The fraction of sp³-hybridized carbons (Fsp3) is 0.200. The van der Waals surface area contributed by atoms with Gasteiger partial charge < -0.3 is 30.4 Å². The van der Waals surface area contributed by atoms with E-state index < -0.39 is 91.2 Å². The van der Waals surface area contributed by atoms with Gasteiger partial charge in [0.1, 0.15) is 22.7 Å². The number of carbonyl (C=O) groups is 6. The number of methoxy groups -OCH3 is 1. The van der Waals surface area contributed by atoms with E-state index in [-0.39, 0.29) is 51.5 Å². The van der Waals surface area contributed by atoms with Crippen LogP contribution in [0.25, 0.3) is 10.8 Å². The number of aromatic amines is 1. The first-order valence-corrected chi connectivity index (χ1v) is 14.3. The van der Waals surface area contributed by atoms with Gasteiger partial charge in [0.15, 0.2) is 23.1 Å². The summed E-state index contributed by atoms with van der Waals surface area (Å²) < 4.78 is 5.16. The van der Waals surface area contributed by atoms with Crippen LogP contribution >= 0.6 is 15.9 Å². The predicted molar refractivity (Wildman–Crippen MR) is 161 cm³/mol. The molecule has 1 atom stereocenters. The minimum absolute atomic E-state index is 0.0226. The van der Waals surface area contributed by atoms with Gasteiger partial charge in [-0.3, -0.25) is 33.6 Å². The van der Waals surface area contributed by atoms with Gasteiger partial charge in [-0.05, 0) is 40.4 Å². The molecule has 0 saturated carbocycles. The van der Waals surface area contributed by atoms with E-state index in [4.69, 9.17) is 4.74 Å². The van der Waals surface area contributed by atoms with E-state index in [1.165, 1.54) is 13.0 Å². The minimum Gasteiger partial charge on any atom is -0.507 e. The third-order valence-corrected chi connectivity index (χ3v) is 9.16. The number of phenolic OH excluding ortho intramolecular Hbond substituents is 3. The molecule has 46 heavy (non-hydrogen) atoms. The first-order chi connectivity index (χ1) is 21.8. The summed E-state index contributed by atoms with van der Waals surface area (Å²) in [6.45, 7) is 0.908. The first-order valence-electron chi connectivity index (χ1n) is 13.5. The van der Waals surface area contributed by atoms with Gasteiger partial charge in [0, 0.05) is 28.4 Å². The van der Waals surface area contributed by atoms with Crippen LogP contribution in [0.3, 0.4) is 0 Å². The Bertz CT molecular complexity index is 2160. The predicted octanol–water partition coefficient (Wildman–Crippen LogP) is 1.17. The fourth-order valence-electron chi connectivity index (χ4n) is 6.29. The van der Waals surface area contributed by atoms with Crippen LogP contribution in [0.1, 0.15) is 71.6 Å². The highest BCUT2D eigenvalue weighted by Gasteiger charge is 2.62. The molecule has 16 heteroatoms. The third-order valence-electron chi connectivity index (χ3n) is 8.25. The monoisotopic (exact) mass is 692 g/mol. The Kier molecular flexibility index (Phi) is 6.92. The molecule has 1 heterocycles. The van der Waals surface area contributed by atoms with Crippen LogP contribution in [0.2, 0.25) is 0 Å². The van der Waals surface area contributed by atoms with Crippen LogP contribution < -0.4 is 16.3 Å². The maximum atomic E-state index is 14.2. The number of carbonyl (C=O) groups excluding carboxylic acids is 6. The topological polar surface area (TPSA) is 242 Å². The number of ether oxygens (including phenoxy) is 1. The van der Waals surface area contributed by atoms with Crippen molar-refractivity contribution in [3.63, 3.8) is 0 Å². The smallest absolute Gasteiger partial charge is 0.260 e. The molecule has 0 radical (unpaired) electrons. The minimum atomic E-state index is -2.20. The summed E-state index contributed by atoms with van der Waals surface area (Å²) in [5.74, 6) is -8.16. The summed E-state index contributed by atoms with van der Waals surface area (Å²) >= 11 is 3.43. The molecule has 3 aliphatic carbocycles. The highest BCUT2D eigenvalue weighted by atomic mass is 79.9. The number of aromatic hydroxyl groups is 3. The van der Waals surface area contributed by atoms with Gasteiger partial charge in [-0.2, -0.15) is 5.10 Å². The molecule has 6 rings (SSSR count). The van der Waals surface area contributed by atoms with Crippen molar-refractivity contribution in [2.45, 2.75) is 25.2 Å². The standard InChI is InChI=1S/C30H21BrN4O11/c1-9(36)32-8-15(38)35-33-7-10-5-12-16(29(45)34-10)26(42)21-11(22(12)31)3-4-30(21)27(43)19-20(28(30)44)25(41)18-17(24(19)40)13(37)6-14(46-2)23(18)39/h5-7,40-42H,3-4,8H2,1-2H3,(H,32,36)(H,34,45)(H,35,38)/t30-/m0/s1. The molecule has 0 unspecified atom stereocenters. The molecule has 6 N–H and O–H groups in total. The van der Waals surface area contributed by atoms with E-state index in [1.54, 1.807) is 0 Å². The van der Waals surface area contributed by atoms with Crippen molar-refractivity contribution in [1.29, 1.82) is 0 Å². The molecule has 234 valence electrons. The normalized spacial score (nSPS) is 18.2. The quantitative estimate of drug-likeness (QED) is 0.0959. The summed E-state index contributed by atoms with van der Waals surface area (Å²) in [6, 6.07) is 1.42. The van der Waals surface area contributed by atoms with E-state index in [9.17, 15) is 48.9 Å². The Hall–Kier alpha value is -5.64. The van der Waals surface area contributed by atoms with Crippen LogP contribution in [0.15, 0.2) is 32.3 Å². The van der Waals surface area contributed by atoms with Gasteiger partial charge in [0.25, 0.3) is 11.5 Å². The number of H-pyrrole nitrogens is 1. The first kappa shape index (κ1) is 30.4. The summed E-state index contributed by atoms with van der Waals surface area (Å²) in [6.07, 6.45) is 1.69. The van der Waals surface area contributed by atoms with Gasteiger partial charge in [-0.1, -0.05) is 0 Å². The average Bonchev–Trinajstić information content (AvgIpc) is 3.51. The van der Waals surface area contributed by atoms with Crippen LogP contribution in [0.4, 0.5) is 0 Å². The van der Waals surface area contributed by atoms with E-state index in [0.717, 1.165) is 19.4 Å². The maximum Gasteiger partial charge on any atom is 0.260 e. The van der Waals surface area contributed by atoms with Gasteiger partial charge in [-0.15, -0.1) is 0 Å². The molecular formula is C30H21BrN4O11. The highest BCUT2D eigenvalue weighted by molar-refractivity contribution is 9.10. The van der Waals surface area contributed by atoms with Crippen molar-refractivity contribution < 1.29 is 48.8 Å². The van der Waals surface area contributed by atoms with Crippen molar-refractivity contribution >= 4 is 67.9 Å². The van der Waals surface area contributed by atoms with Crippen molar-refractivity contribution in [3.05, 3.63) is 71.8 Å². The molecule has 3 aliphatic rings. The van der Waals surface area contributed by atoms with Crippen LogP contribution in [0.5, 0.6) is 17.2 Å². The number of phenols is 3. The fourth-order valence-corrected chi connectivity index (χ4v) is 7.00. The molecular weight excluding hydrogens is 672 g/mol. The summed E-state index contributed by atoms with van der Waals surface area (Å²) in [4.78, 5) is 92.6. The molecule has 0 fully saturated rings. The lowest BCUT2D eigenvalue weighted by atomic mass is 9.76. The second-order valence-electron chi connectivity index (χ2n) is 10.7. The van der Waals surface area contributed by atoms with E-state index in [1.807, 2.05) is 0 Å². The Morgan fingerprint density at radius 1 is 1.04 bits per heavy atom. The Labute approximate surface area is 265 Å². The van der Waals surface area contributed by atoms with Gasteiger partial charge >= 0.3 is 0 Å². The van der Waals surface area contributed by atoms with Gasteiger partial charge in [0.2, 0.25) is 11.7 Å². The number of rotatable bonds is 5. The number of fused-ring (bicyclic) bond motifs is 5. The van der Waals surface area contributed by atoms with E-state index in [2.05, 4.69) is 36.8 Å². The number of Topliss-reactive ketones (excluding diaryl/α,β-unsaturated/α-hetero) is 3. The molecule has 15 nitrogen and oxygen atoms in total. The van der Waals surface area contributed by atoms with Gasteiger partial charge in [0.05, 0.1) is 53.2 Å². The molecule has 0 saturated heterocycles. The van der Waals surface area contributed by atoms with E-state index in [0.29, 0.717) is 0 Å². The third kappa shape index (κ3) is 4.02. The molecule has 2 aromatic carbocycles. The molecule has 0 aliphatic heterocycles. The highest BCUT2D eigenvalue weighted by Crippen LogP contribution is 2.58. The number of benzene rings is 2. The van der Waals surface area contributed by atoms with Crippen LogP contribution in [-0.2, 0) is 26.2 Å². The van der Waals surface area contributed by atoms with Crippen molar-refractivity contribution in [2.24, 2.45) is 5.10 Å².